The molecule has 1 aliphatic rings. The van der Waals surface area contributed by atoms with Crippen molar-refractivity contribution in [3.05, 3.63) is 34.6 Å². The molecule has 6 heteroatoms. The number of amides is 1. The minimum Gasteiger partial charge on any atom is -0.336 e. The van der Waals surface area contributed by atoms with Crippen LogP contribution in [0.5, 0.6) is 0 Å². The van der Waals surface area contributed by atoms with Gasteiger partial charge in [0.1, 0.15) is 5.82 Å². The fourth-order valence-electron chi connectivity index (χ4n) is 2.48. The number of benzene rings is 1. The van der Waals surface area contributed by atoms with Crippen molar-refractivity contribution in [1.29, 1.82) is 5.26 Å². The SMILES string of the molecule is CCC(C#N)N1CCN(C(=O)c2ccc(F)c(Cl)c2)CC1. The van der Waals surface area contributed by atoms with Gasteiger partial charge in [0.15, 0.2) is 0 Å². The van der Waals surface area contributed by atoms with Crippen LogP contribution in [0.3, 0.4) is 0 Å². The highest BCUT2D eigenvalue weighted by atomic mass is 35.5. The lowest BCUT2D eigenvalue weighted by atomic mass is 10.1. The number of hydrogen-bond acceptors (Lipinski definition) is 3. The van der Waals surface area contributed by atoms with Gasteiger partial charge < -0.3 is 4.90 Å². The topological polar surface area (TPSA) is 47.3 Å². The summed E-state index contributed by atoms with van der Waals surface area (Å²) < 4.78 is 13.1. The summed E-state index contributed by atoms with van der Waals surface area (Å²) >= 11 is 5.71. The quantitative estimate of drug-likeness (QED) is 0.862. The first kappa shape index (κ1) is 15.7. The Morgan fingerprint density at radius 1 is 1.43 bits per heavy atom. The van der Waals surface area contributed by atoms with Crippen LogP contribution in [0.25, 0.3) is 0 Å². The number of hydrogen-bond donors (Lipinski definition) is 0. The van der Waals surface area contributed by atoms with Gasteiger partial charge in [-0.05, 0) is 24.6 Å². The summed E-state index contributed by atoms with van der Waals surface area (Å²) in [4.78, 5) is 16.1. The van der Waals surface area contributed by atoms with E-state index in [9.17, 15) is 9.18 Å². The van der Waals surface area contributed by atoms with E-state index in [4.69, 9.17) is 16.9 Å². The Bertz CT molecular complexity index is 565. The molecule has 1 saturated heterocycles. The average molecular weight is 310 g/mol. The van der Waals surface area contributed by atoms with Gasteiger partial charge in [0.25, 0.3) is 5.91 Å². The van der Waals surface area contributed by atoms with E-state index in [0.717, 1.165) is 6.42 Å². The van der Waals surface area contributed by atoms with Crippen LogP contribution in [0.2, 0.25) is 5.02 Å². The molecule has 0 bridgehead atoms. The standard InChI is InChI=1S/C15H17ClFN3O/c1-2-12(10-18)19-5-7-20(8-6-19)15(21)11-3-4-14(17)13(16)9-11/h3-4,9,12H,2,5-8H2,1H3. The Hall–Kier alpha value is -1.64. The second kappa shape index (κ2) is 6.88. The van der Waals surface area contributed by atoms with Gasteiger partial charge in [0.2, 0.25) is 0 Å². The summed E-state index contributed by atoms with van der Waals surface area (Å²) in [6.45, 7) is 4.45. The molecular formula is C15H17ClFN3O. The first-order valence-electron chi connectivity index (χ1n) is 6.94. The van der Waals surface area contributed by atoms with E-state index in [1.807, 2.05) is 6.92 Å². The van der Waals surface area contributed by atoms with E-state index in [1.54, 1.807) is 4.90 Å². The highest BCUT2D eigenvalue weighted by Crippen LogP contribution is 2.18. The predicted molar refractivity (Wildman–Crippen MR) is 78.6 cm³/mol. The van der Waals surface area contributed by atoms with Crippen molar-refractivity contribution in [2.75, 3.05) is 26.2 Å². The fraction of sp³-hybridized carbons (Fsp3) is 0.467. The molecule has 1 aromatic rings. The maximum atomic E-state index is 13.1. The minimum atomic E-state index is -0.530. The van der Waals surface area contributed by atoms with Gasteiger partial charge in [-0.2, -0.15) is 5.26 Å². The molecule has 1 heterocycles. The molecule has 0 aliphatic carbocycles. The molecule has 112 valence electrons. The summed E-state index contributed by atoms with van der Waals surface area (Å²) in [6, 6.07) is 6.18. The number of carbonyl (C=O) groups excluding carboxylic acids is 1. The minimum absolute atomic E-state index is 0.0463. The molecule has 21 heavy (non-hydrogen) atoms. The second-order valence-electron chi connectivity index (χ2n) is 5.01. The van der Waals surface area contributed by atoms with Crippen LogP contribution < -0.4 is 0 Å². The Balaban J connectivity index is 2.00. The molecule has 4 nitrogen and oxygen atoms in total. The molecular weight excluding hydrogens is 293 g/mol. The van der Waals surface area contributed by atoms with Crippen molar-refractivity contribution in [1.82, 2.24) is 9.80 Å². The van der Waals surface area contributed by atoms with E-state index in [1.165, 1.54) is 18.2 Å². The van der Waals surface area contributed by atoms with E-state index in [0.29, 0.717) is 31.7 Å². The predicted octanol–water partition coefficient (Wildman–Crippen LogP) is 2.54. The van der Waals surface area contributed by atoms with Gasteiger partial charge in [-0.3, -0.25) is 9.69 Å². The molecule has 1 atom stereocenters. The van der Waals surface area contributed by atoms with Crippen LogP contribution >= 0.6 is 11.6 Å². The lowest BCUT2D eigenvalue weighted by Crippen LogP contribution is -2.51. The molecule has 1 aromatic carbocycles. The number of nitrogens with zero attached hydrogens (tertiary/aromatic N) is 3. The smallest absolute Gasteiger partial charge is 0.253 e. The zero-order valence-corrected chi connectivity index (χ0v) is 12.6. The molecule has 2 rings (SSSR count). The number of rotatable bonds is 3. The average Bonchev–Trinajstić information content (AvgIpc) is 2.51. The zero-order valence-electron chi connectivity index (χ0n) is 11.9. The Labute approximate surface area is 128 Å². The van der Waals surface area contributed by atoms with Crippen LogP contribution in [0.4, 0.5) is 4.39 Å². The monoisotopic (exact) mass is 309 g/mol. The molecule has 0 aromatic heterocycles. The summed E-state index contributed by atoms with van der Waals surface area (Å²) in [5, 5.41) is 9.02. The summed E-state index contributed by atoms with van der Waals surface area (Å²) in [5.41, 5.74) is 0.391. The van der Waals surface area contributed by atoms with Crippen LogP contribution in [0.15, 0.2) is 18.2 Å². The maximum Gasteiger partial charge on any atom is 0.253 e. The van der Waals surface area contributed by atoms with Crippen molar-refractivity contribution in [3.63, 3.8) is 0 Å². The first-order chi connectivity index (χ1) is 10.1. The molecule has 1 unspecified atom stereocenters. The highest BCUT2D eigenvalue weighted by Gasteiger charge is 2.26. The number of carbonyl (C=O) groups is 1. The highest BCUT2D eigenvalue weighted by molar-refractivity contribution is 6.31. The van der Waals surface area contributed by atoms with Crippen LogP contribution in [0.1, 0.15) is 23.7 Å². The normalized spacial score (nSPS) is 17.3. The van der Waals surface area contributed by atoms with Gasteiger partial charge in [-0.1, -0.05) is 18.5 Å². The molecule has 1 amide bonds. The summed E-state index contributed by atoms with van der Waals surface area (Å²) in [7, 11) is 0. The number of halogens is 2. The van der Waals surface area contributed by atoms with Crippen molar-refractivity contribution < 1.29 is 9.18 Å². The van der Waals surface area contributed by atoms with Crippen molar-refractivity contribution in [2.24, 2.45) is 0 Å². The Kier molecular flexibility index (Phi) is 5.16. The molecule has 0 radical (unpaired) electrons. The first-order valence-corrected chi connectivity index (χ1v) is 7.32. The van der Waals surface area contributed by atoms with E-state index in [2.05, 4.69) is 11.0 Å². The van der Waals surface area contributed by atoms with E-state index in [-0.39, 0.29) is 17.0 Å². The lowest BCUT2D eigenvalue weighted by Gasteiger charge is -2.36. The second-order valence-corrected chi connectivity index (χ2v) is 5.42. The third kappa shape index (κ3) is 3.52. The molecule has 0 N–H and O–H groups in total. The van der Waals surface area contributed by atoms with E-state index >= 15 is 0 Å². The van der Waals surface area contributed by atoms with Crippen molar-refractivity contribution in [3.8, 4) is 6.07 Å². The Morgan fingerprint density at radius 3 is 2.62 bits per heavy atom. The lowest BCUT2D eigenvalue weighted by molar-refractivity contribution is 0.0604. The molecule has 0 spiro atoms. The summed E-state index contributed by atoms with van der Waals surface area (Å²) in [5.74, 6) is -0.681. The van der Waals surface area contributed by atoms with Crippen molar-refractivity contribution >= 4 is 17.5 Å². The zero-order chi connectivity index (χ0) is 15.4. The van der Waals surface area contributed by atoms with Crippen LogP contribution in [-0.2, 0) is 0 Å². The van der Waals surface area contributed by atoms with Gasteiger partial charge >= 0.3 is 0 Å². The van der Waals surface area contributed by atoms with Gasteiger partial charge in [-0.25, -0.2) is 4.39 Å². The molecule has 1 fully saturated rings. The number of piperazine rings is 1. The largest absolute Gasteiger partial charge is 0.336 e. The third-order valence-electron chi connectivity index (χ3n) is 3.74. The maximum absolute atomic E-state index is 13.1. The van der Waals surface area contributed by atoms with E-state index < -0.39 is 5.82 Å². The van der Waals surface area contributed by atoms with Gasteiger partial charge in [-0.15, -0.1) is 0 Å². The summed E-state index contributed by atoms with van der Waals surface area (Å²) in [6.07, 6.45) is 0.776. The fourth-order valence-corrected chi connectivity index (χ4v) is 2.66. The van der Waals surface area contributed by atoms with Gasteiger partial charge in [0.05, 0.1) is 17.1 Å². The van der Waals surface area contributed by atoms with Crippen LogP contribution in [0, 0.1) is 17.1 Å². The molecule has 0 saturated carbocycles. The van der Waals surface area contributed by atoms with Crippen molar-refractivity contribution in [2.45, 2.75) is 19.4 Å². The third-order valence-corrected chi connectivity index (χ3v) is 4.03. The Morgan fingerprint density at radius 2 is 2.10 bits per heavy atom. The number of nitriles is 1. The molecule has 1 aliphatic heterocycles. The van der Waals surface area contributed by atoms with Crippen LogP contribution in [-0.4, -0.2) is 47.9 Å². The van der Waals surface area contributed by atoms with Gasteiger partial charge in [0, 0.05) is 31.7 Å².